The first-order valence-electron chi connectivity index (χ1n) is 5.33. The van der Waals surface area contributed by atoms with Gasteiger partial charge in [-0.05, 0) is 39.5 Å². The minimum Gasteiger partial charge on any atom is -0.320 e. The molecular formula is C13H9BrFNS2. The molecule has 0 saturated carbocycles. The molecule has 0 spiro atoms. The lowest BCUT2D eigenvalue weighted by Gasteiger charge is -2.11. The van der Waals surface area contributed by atoms with Crippen molar-refractivity contribution in [3.05, 3.63) is 56.4 Å². The van der Waals surface area contributed by atoms with Crippen molar-refractivity contribution in [2.24, 2.45) is 5.73 Å². The quantitative estimate of drug-likeness (QED) is 0.703. The maximum atomic E-state index is 14.0. The second-order valence-corrected chi connectivity index (χ2v) is 6.84. The lowest BCUT2D eigenvalue weighted by atomic mass is 10.1. The summed E-state index contributed by atoms with van der Waals surface area (Å²) in [6, 6.07) is 8.93. The van der Waals surface area contributed by atoms with E-state index in [4.69, 9.17) is 5.73 Å². The fourth-order valence-corrected chi connectivity index (χ4v) is 4.37. The van der Waals surface area contributed by atoms with E-state index in [2.05, 4.69) is 33.4 Å². The Labute approximate surface area is 120 Å². The molecule has 0 aliphatic carbocycles. The zero-order chi connectivity index (χ0) is 12.7. The Morgan fingerprint density at radius 1 is 1.22 bits per heavy atom. The summed E-state index contributed by atoms with van der Waals surface area (Å²) in [7, 11) is 0. The third-order valence-electron chi connectivity index (χ3n) is 2.78. The summed E-state index contributed by atoms with van der Waals surface area (Å²) in [6.45, 7) is 0. The average Bonchev–Trinajstić information content (AvgIpc) is 2.92. The normalized spacial score (nSPS) is 13.1. The monoisotopic (exact) mass is 341 g/mol. The second kappa shape index (κ2) is 4.74. The van der Waals surface area contributed by atoms with Gasteiger partial charge in [-0.1, -0.05) is 12.1 Å². The minimum atomic E-state index is -0.410. The highest BCUT2D eigenvalue weighted by Gasteiger charge is 2.17. The van der Waals surface area contributed by atoms with Gasteiger partial charge in [-0.25, -0.2) is 4.39 Å². The van der Waals surface area contributed by atoms with E-state index in [1.807, 2.05) is 0 Å². The maximum absolute atomic E-state index is 14.0. The Morgan fingerprint density at radius 2 is 2.06 bits per heavy atom. The van der Waals surface area contributed by atoms with E-state index in [9.17, 15) is 4.39 Å². The molecule has 0 fully saturated rings. The van der Waals surface area contributed by atoms with E-state index in [0.717, 1.165) is 4.88 Å². The fourth-order valence-electron chi connectivity index (χ4n) is 1.85. The van der Waals surface area contributed by atoms with E-state index >= 15 is 0 Å². The molecule has 1 unspecified atom stereocenters. The number of thiophene rings is 2. The summed E-state index contributed by atoms with van der Waals surface area (Å²) in [5.41, 5.74) is 6.69. The number of halogens is 2. The molecule has 0 saturated heterocycles. The lowest BCUT2D eigenvalue weighted by molar-refractivity contribution is 0.594. The van der Waals surface area contributed by atoms with Gasteiger partial charge in [-0.2, -0.15) is 0 Å². The average molecular weight is 342 g/mol. The minimum absolute atomic E-state index is 0.276. The molecular weight excluding hydrogens is 333 g/mol. The van der Waals surface area contributed by atoms with E-state index < -0.39 is 6.04 Å². The van der Waals surface area contributed by atoms with Gasteiger partial charge in [0, 0.05) is 19.8 Å². The van der Waals surface area contributed by atoms with Crippen LogP contribution in [0.5, 0.6) is 0 Å². The Hall–Kier alpha value is -0.750. The highest BCUT2D eigenvalue weighted by molar-refractivity contribution is 9.10. The van der Waals surface area contributed by atoms with E-state index in [0.29, 0.717) is 10.0 Å². The van der Waals surface area contributed by atoms with Crippen LogP contribution in [0.4, 0.5) is 4.39 Å². The molecule has 1 aromatic carbocycles. The van der Waals surface area contributed by atoms with Crippen LogP contribution in [0.25, 0.3) is 9.40 Å². The van der Waals surface area contributed by atoms with E-state index in [1.54, 1.807) is 40.9 Å². The number of nitrogens with two attached hydrogens (primary N) is 1. The number of hydrogen-bond donors (Lipinski definition) is 1. The zero-order valence-corrected chi connectivity index (χ0v) is 12.4. The SMILES string of the molecule is NC(c1cc2sccc2s1)c1cccc(Br)c1F. The van der Waals surface area contributed by atoms with Crippen molar-refractivity contribution in [1.29, 1.82) is 0 Å². The standard InChI is InChI=1S/C13H9BrFNS2/c14-8-3-1-2-7(12(8)15)13(16)11-6-10-9(18-11)4-5-17-10/h1-6,13H,16H2. The summed E-state index contributed by atoms with van der Waals surface area (Å²) in [5.74, 6) is -0.276. The van der Waals surface area contributed by atoms with E-state index in [1.165, 1.54) is 9.40 Å². The highest BCUT2D eigenvalue weighted by atomic mass is 79.9. The Bertz CT molecular complexity index is 675. The summed E-state index contributed by atoms with van der Waals surface area (Å²) < 4.78 is 16.9. The van der Waals surface area contributed by atoms with Crippen molar-refractivity contribution < 1.29 is 4.39 Å². The van der Waals surface area contributed by atoms with Crippen LogP contribution in [-0.4, -0.2) is 0 Å². The van der Waals surface area contributed by atoms with Gasteiger partial charge in [0.25, 0.3) is 0 Å². The van der Waals surface area contributed by atoms with Gasteiger partial charge in [-0.15, -0.1) is 22.7 Å². The van der Waals surface area contributed by atoms with Crippen LogP contribution in [0.2, 0.25) is 0 Å². The Balaban J connectivity index is 2.06. The summed E-state index contributed by atoms with van der Waals surface area (Å²) in [6.07, 6.45) is 0. The molecule has 1 nitrogen and oxygen atoms in total. The van der Waals surface area contributed by atoms with Crippen LogP contribution in [0, 0.1) is 5.82 Å². The van der Waals surface area contributed by atoms with Crippen LogP contribution in [0.1, 0.15) is 16.5 Å². The largest absolute Gasteiger partial charge is 0.320 e. The molecule has 3 aromatic rings. The lowest BCUT2D eigenvalue weighted by Crippen LogP contribution is -2.12. The van der Waals surface area contributed by atoms with Crippen molar-refractivity contribution in [2.75, 3.05) is 0 Å². The van der Waals surface area contributed by atoms with Crippen LogP contribution in [-0.2, 0) is 0 Å². The van der Waals surface area contributed by atoms with Crippen LogP contribution in [0.15, 0.2) is 40.2 Å². The summed E-state index contributed by atoms with van der Waals surface area (Å²) >= 11 is 6.49. The first-order valence-corrected chi connectivity index (χ1v) is 7.82. The van der Waals surface area contributed by atoms with Crippen molar-refractivity contribution >= 4 is 48.0 Å². The molecule has 18 heavy (non-hydrogen) atoms. The molecule has 2 aromatic heterocycles. The molecule has 1 atom stereocenters. The smallest absolute Gasteiger partial charge is 0.142 e. The number of rotatable bonds is 2. The second-order valence-electron chi connectivity index (χ2n) is 3.92. The molecule has 2 heterocycles. The predicted molar refractivity (Wildman–Crippen MR) is 79.8 cm³/mol. The molecule has 5 heteroatoms. The molecule has 0 aliphatic heterocycles. The van der Waals surface area contributed by atoms with Crippen molar-refractivity contribution in [2.45, 2.75) is 6.04 Å². The number of hydrogen-bond acceptors (Lipinski definition) is 3. The predicted octanol–water partition coefficient (Wildman–Crippen LogP) is 4.91. The van der Waals surface area contributed by atoms with Gasteiger partial charge in [0.1, 0.15) is 5.82 Å². The number of fused-ring (bicyclic) bond motifs is 1. The van der Waals surface area contributed by atoms with Gasteiger partial charge in [-0.3, -0.25) is 0 Å². The van der Waals surface area contributed by atoms with Crippen LogP contribution < -0.4 is 5.73 Å². The number of benzene rings is 1. The fraction of sp³-hybridized carbons (Fsp3) is 0.0769. The van der Waals surface area contributed by atoms with Crippen molar-refractivity contribution in [3.63, 3.8) is 0 Å². The van der Waals surface area contributed by atoms with Gasteiger partial charge >= 0.3 is 0 Å². The van der Waals surface area contributed by atoms with Gasteiger partial charge < -0.3 is 5.73 Å². The first kappa shape index (κ1) is 12.3. The Morgan fingerprint density at radius 3 is 2.83 bits per heavy atom. The van der Waals surface area contributed by atoms with Crippen LogP contribution >= 0.6 is 38.6 Å². The first-order chi connectivity index (χ1) is 8.66. The molecule has 3 rings (SSSR count). The third-order valence-corrected chi connectivity index (χ3v) is 5.57. The molecule has 0 bridgehead atoms. The molecule has 92 valence electrons. The highest BCUT2D eigenvalue weighted by Crippen LogP contribution is 2.36. The zero-order valence-electron chi connectivity index (χ0n) is 9.19. The topological polar surface area (TPSA) is 26.0 Å². The summed E-state index contributed by atoms with van der Waals surface area (Å²) in [5, 5.41) is 2.05. The van der Waals surface area contributed by atoms with Gasteiger partial charge in [0.15, 0.2) is 0 Å². The molecule has 0 aliphatic rings. The van der Waals surface area contributed by atoms with Gasteiger partial charge in [0.2, 0.25) is 0 Å². The van der Waals surface area contributed by atoms with E-state index in [-0.39, 0.29) is 5.82 Å². The van der Waals surface area contributed by atoms with Crippen molar-refractivity contribution in [1.82, 2.24) is 0 Å². The molecule has 2 N–H and O–H groups in total. The summed E-state index contributed by atoms with van der Waals surface area (Å²) in [4.78, 5) is 0.994. The molecule has 0 radical (unpaired) electrons. The molecule has 0 amide bonds. The third kappa shape index (κ3) is 2.01. The van der Waals surface area contributed by atoms with Crippen LogP contribution in [0.3, 0.4) is 0 Å². The Kier molecular flexibility index (Phi) is 3.23. The maximum Gasteiger partial charge on any atom is 0.142 e. The van der Waals surface area contributed by atoms with Gasteiger partial charge in [0.05, 0.1) is 10.5 Å². The van der Waals surface area contributed by atoms with Crippen molar-refractivity contribution in [3.8, 4) is 0 Å².